The lowest BCUT2D eigenvalue weighted by Gasteiger charge is -2.21. The Bertz CT molecular complexity index is 484. The van der Waals surface area contributed by atoms with Crippen LogP contribution in [0.2, 0.25) is 0 Å². The average Bonchev–Trinajstić information content (AvgIpc) is 3.15. The summed E-state index contributed by atoms with van der Waals surface area (Å²) in [7, 11) is 0. The van der Waals surface area contributed by atoms with Crippen LogP contribution in [0.4, 0.5) is 4.39 Å². The van der Waals surface area contributed by atoms with Crippen molar-refractivity contribution in [3.05, 3.63) is 35.2 Å². The summed E-state index contributed by atoms with van der Waals surface area (Å²) < 4.78 is 19.7. The van der Waals surface area contributed by atoms with Gasteiger partial charge in [0.2, 0.25) is 0 Å². The Kier molecular flexibility index (Phi) is 3.58. The van der Waals surface area contributed by atoms with Crippen LogP contribution in [-0.4, -0.2) is 6.61 Å². The molecule has 0 unspecified atom stereocenters. The predicted octanol–water partition coefficient (Wildman–Crippen LogP) is 4.74. The molecule has 2 heteroatoms. The maximum atomic E-state index is 14.2. The summed E-state index contributed by atoms with van der Waals surface area (Å²) in [5.74, 6) is 1.56. The fourth-order valence-electron chi connectivity index (χ4n) is 2.33. The highest BCUT2D eigenvalue weighted by Gasteiger charge is 2.22. The summed E-state index contributed by atoms with van der Waals surface area (Å²) in [6, 6.07) is 3.74. The summed E-state index contributed by atoms with van der Waals surface area (Å²) in [4.78, 5) is 0. The molecule has 2 fully saturated rings. The molecule has 0 aliphatic heterocycles. The molecule has 0 radical (unpaired) electrons. The van der Waals surface area contributed by atoms with Gasteiger partial charge in [0.15, 0.2) is 11.6 Å². The van der Waals surface area contributed by atoms with Gasteiger partial charge in [0.1, 0.15) is 0 Å². The van der Waals surface area contributed by atoms with Crippen molar-refractivity contribution in [3.63, 3.8) is 0 Å². The monoisotopic (exact) mass is 260 g/mol. The molecular weight excluding hydrogens is 239 g/mol. The van der Waals surface area contributed by atoms with Crippen molar-refractivity contribution in [1.82, 2.24) is 0 Å². The van der Waals surface area contributed by atoms with Crippen molar-refractivity contribution in [2.45, 2.75) is 39.0 Å². The van der Waals surface area contributed by atoms with E-state index in [0.29, 0.717) is 29.8 Å². The molecule has 102 valence electrons. The van der Waals surface area contributed by atoms with Crippen molar-refractivity contribution in [2.75, 3.05) is 6.61 Å². The van der Waals surface area contributed by atoms with E-state index in [1.165, 1.54) is 32.1 Å². The maximum absolute atomic E-state index is 14.2. The van der Waals surface area contributed by atoms with Gasteiger partial charge in [-0.1, -0.05) is 24.6 Å². The van der Waals surface area contributed by atoms with Crippen molar-refractivity contribution < 1.29 is 9.13 Å². The molecule has 2 saturated carbocycles. The number of halogens is 1. The van der Waals surface area contributed by atoms with Gasteiger partial charge in [-0.05, 0) is 61.6 Å². The second-order valence-corrected chi connectivity index (χ2v) is 5.90. The molecule has 1 nitrogen and oxygen atoms in total. The highest BCUT2D eigenvalue weighted by Crippen LogP contribution is 2.32. The van der Waals surface area contributed by atoms with E-state index >= 15 is 0 Å². The first kappa shape index (κ1) is 12.7. The minimum Gasteiger partial charge on any atom is -0.490 e. The Morgan fingerprint density at radius 2 is 2.05 bits per heavy atom. The molecule has 0 aromatic heterocycles. The first-order chi connectivity index (χ1) is 9.24. The summed E-state index contributed by atoms with van der Waals surface area (Å²) in [5.41, 5.74) is 1.67. The van der Waals surface area contributed by atoms with Gasteiger partial charge < -0.3 is 4.74 Å². The first-order valence-corrected chi connectivity index (χ1v) is 7.34. The molecule has 0 heterocycles. The highest BCUT2D eigenvalue weighted by atomic mass is 19.1. The normalized spacial score (nSPS) is 19.7. The molecule has 3 rings (SSSR count). The second kappa shape index (κ2) is 5.36. The summed E-state index contributed by atoms with van der Waals surface area (Å²) in [6.45, 7) is 2.49. The Labute approximate surface area is 114 Å². The molecule has 0 spiro atoms. The number of hydrogen-bond donors (Lipinski definition) is 0. The minimum atomic E-state index is -0.198. The van der Waals surface area contributed by atoms with E-state index in [9.17, 15) is 4.39 Å². The molecule has 2 aliphatic carbocycles. The summed E-state index contributed by atoms with van der Waals surface area (Å²) in [6.07, 6.45) is 10.6. The zero-order chi connectivity index (χ0) is 13.2. The van der Waals surface area contributed by atoms with Gasteiger partial charge in [0.25, 0.3) is 0 Å². The van der Waals surface area contributed by atoms with Crippen LogP contribution >= 0.6 is 0 Å². The van der Waals surface area contributed by atoms with Gasteiger partial charge in [-0.25, -0.2) is 4.39 Å². The maximum Gasteiger partial charge on any atom is 0.168 e. The Morgan fingerprint density at radius 3 is 2.68 bits per heavy atom. The number of ether oxygens (including phenoxy) is 1. The molecule has 0 N–H and O–H groups in total. The molecular formula is C17H21FO. The van der Waals surface area contributed by atoms with Crippen LogP contribution in [0, 0.1) is 24.6 Å². The fourth-order valence-corrected chi connectivity index (χ4v) is 2.33. The fraction of sp³-hybridized carbons (Fsp3) is 0.529. The lowest BCUT2D eigenvalue weighted by atomic mass is 9.85. The van der Waals surface area contributed by atoms with Crippen LogP contribution in [-0.2, 0) is 0 Å². The predicted molar refractivity (Wildman–Crippen MR) is 75.7 cm³/mol. The molecule has 1 aromatic rings. The number of rotatable bonds is 5. The third-order valence-electron chi connectivity index (χ3n) is 4.26. The van der Waals surface area contributed by atoms with E-state index in [0.717, 1.165) is 5.56 Å². The first-order valence-electron chi connectivity index (χ1n) is 7.34. The lowest BCUT2D eigenvalue weighted by Crippen LogP contribution is -2.07. The van der Waals surface area contributed by atoms with Crippen molar-refractivity contribution in [1.29, 1.82) is 0 Å². The number of benzene rings is 1. The van der Waals surface area contributed by atoms with E-state index in [1.807, 2.05) is 13.0 Å². The van der Waals surface area contributed by atoms with Gasteiger partial charge in [0.05, 0.1) is 6.61 Å². The largest absolute Gasteiger partial charge is 0.490 e. The molecule has 19 heavy (non-hydrogen) atoms. The van der Waals surface area contributed by atoms with Crippen LogP contribution in [0.1, 0.15) is 43.2 Å². The zero-order valence-electron chi connectivity index (χ0n) is 11.5. The molecule has 1 aromatic carbocycles. The quantitative estimate of drug-likeness (QED) is 0.743. The van der Waals surface area contributed by atoms with Crippen molar-refractivity contribution in [3.8, 4) is 5.75 Å². The van der Waals surface area contributed by atoms with Crippen LogP contribution in [0.15, 0.2) is 18.2 Å². The van der Waals surface area contributed by atoms with Gasteiger partial charge in [0, 0.05) is 0 Å². The third-order valence-corrected chi connectivity index (χ3v) is 4.26. The number of allylic oxidation sites excluding steroid dienone is 1. The van der Waals surface area contributed by atoms with Gasteiger partial charge >= 0.3 is 0 Å². The van der Waals surface area contributed by atoms with Gasteiger partial charge in [-0.3, -0.25) is 0 Å². The number of hydrogen-bond acceptors (Lipinski definition) is 1. The third kappa shape index (κ3) is 2.99. The van der Waals surface area contributed by atoms with Gasteiger partial charge in [-0.2, -0.15) is 0 Å². The topological polar surface area (TPSA) is 9.23 Å². The SMILES string of the molecule is Cc1c(/C=C/C2CCC2)ccc(OCC2CC2)c1F. The Hall–Kier alpha value is -1.31. The van der Waals surface area contributed by atoms with Crippen LogP contribution in [0.3, 0.4) is 0 Å². The smallest absolute Gasteiger partial charge is 0.168 e. The molecule has 0 saturated heterocycles. The van der Waals surface area contributed by atoms with Crippen LogP contribution < -0.4 is 4.74 Å². The molecule has 0 atom stereocenters. The van der Waals surface area contributed by atoms with Crippen molar-refractivity contribution in [2.24, 2.45) is 11.8 Å². The molecule has 2 aliphatic rings. The van der Waals surface area contributed by atoms with E-state index in [2.05, 4.69) is 12.2 Å². The summed E-state index contributed by atoms with van der Waals surface area (Å²) in [5, 5.41) is 0. The second-order valence-electron chi connectivity index (χ2n) is 5.90. The van der Waals surface area contributed by atoms with E-state index < -0.39 is 0 Å². The van der Waals surface area contributed by atoms with E-state index in [-0.39, 0.29) is 5.82 Å². The average molecular weight is 260 g/mol. The Balaban J connectivity index is 1.70. The van der Waals surface area contributed by atoms with E-state index in [1.54, 1.807) is 6.07 Å². The van der Waals surface area contributed by atoms with E-state index in [4.69, 9.17) is 4.74 Å². The minimum absolute atomic E-state index is 0.198. The highest BCUT2D eigenvalue weighted by molar-refractivity contribution is 5.56. The lowest BCUT2D eigenvalue weighted by molar-refractivity contribution is 0.284. The summed E-state index contributed by atoms with van der Waals surface area (Å²) >= 11 is 0. The Morgan fingerprint density at radius 1 is 1.26 bits per heavy atom. The zero-order valence-corrected chi connectivity index (χ0v) is 11.5. The van der Waals surface area contributed by atoms with Crippen LogP contribution in [0.5, 0.6) is 5.75 Å². The van der Waals surface area contributed by atoms with Crippen molar-refractivity contribution >= 4 is 6.08 Å². The van der Waals surface area contributed by atoms with Gasteiger partial charge in [-0.15, -0.1) is 0 Å². The standard InChI is InChI=1S/C17H21FO/c1-12-15(8-7-13-3-2-4-13)9-10-16(17(12)18)19-11-14-5-6-14/h7-10,13-14H,2-6,11H2,1H3/b8-7+. The molecule has 0 amide bonds. The molecule has 0 bridgehead atoms. The van der Waals surface area contributed by atoms with Crippen LogP contribution in [0.25, 0.3) is 6.08 Å².